The Morgan fingerprint density at radius 3 is 2.38 bits per heavy atom. The molecule has 0 aliphatic heterocycles. The Kier molecular flexibility index (Phi) is 5.96. The highest BCUT2D eigenvalue weighted by Crippen LogP contribution is 2.29. The second-order valence-corrected chi connectivity index (χ2v) is 7.41. The summed E-state index contributed by atoms with van der Waals surface area (Å²) in [6.07, 6.45) is 10.2. The first-order valence-electron chi connectivity index (χ1n) is 9.63. The highest BCUT2D eigenvalue weighted by atomic mass is 16.1. The topological polar surface area (TPSA) is 105 Å². The van der Waals surface area contributed by atoms with Gasteiger partial charge in [0.25, 0.3) is 0 Å². The molecule has 0 unspecified atom stereocenters. The van der Waals surface area contributed by atoms with E-state index in [1.54, 1.807) is 13.2 Å². The zero-order valence-corrected chi connectivity index (χ0v) is 15.6. The van der Waals surface area contributed by atoms with Crippen LogP contribution in [-0.4, -0.2) is 35.0 Å². The summed E-state index contributed by atoms with van der Waals surface area (Å²) < 4.78 is 0. The number of rotatable bonds is 6. The molecule has 0 atom stereocenters. The molecule has 26 heavy (non-hydrogen) atoms. The lowest BCUT2D eigenvalue weighted by atomic mass is 9.85. The first-order valence-corrected chi connectivity index (χ1v) is 9.63. The van der Waals surface area contributed by atoms with Crippen molar-refractivity contribution >= 4 is 23.4 Å². The second-order valence-electron chi connectivity index (χ2n) is 7.41. The maximum Gasteiger partial charge on any atom is 0.224 e. The molecular weight excluding hydrogens is 328 g/mol. The van der Waals surface area contributed by atoms with E-state index < -0.39 is 0 Å². The number of aromatic nitrogens is 2. The Morgan fingerprint density at radius 2 is 1.77 bits per heavy atom. The summed E-state index contributed by atoms with van der Waals surface area (Å²) in [5, 5.41) is 9.69. The Balaban J connectivity index is 1.67. The average molecular weight is 358 g/mol. The molecular formula is C19H30N6O. The predicted molar refractivity (Wildman–Crippen MR) is 105 cm³/mol. The SMILES string of the molecule is C=C(N)c1cnc(NC2CCCC2)nc1NC1CCC(C(=O)NC)CC1. The van der Waals surface area contributed by atoms with Gasteiger partial charge in [0.2, 0.25) is 11.9 Å². The molecule has 7 heteroatoms. The van der Waals surface area contributed by atoms with Gasteiger partial charge in [0.1, 0.15) is 5.82 Å². The minimum atomic E-state index is 0.118. The van der Waals surface area contributed by atoms with E-state index in [1.807, 2.05) is 0 Å². The van der Waals surface area contributed by atoms with Gasteiger partial charge in [-0.15, -0.1) is 0 Å². The molecule has 2 saturated carbocycles. The van der Waals surface area contributed by atoms with Gasteiger partial charge >= 0.3 is 0 Å². The first kappa shape index (κ1) is 18.5. The van der Waals surface area contributed by atoms with Crippen molar-refractivity contribution in [3.63, 3.8) is 0 Å². The Morgan fingerprint density at radius 1 is 1.12 bits per heavy atom. The van der Waals surface area contributed by atoms with Gasteiger partial charge in [-0.2, -0.15) is 4.98 Å². The van der Waals surface area contributed by atoms with Crippen LogP contribution in [0.25, 0.3) is 5.70 Å². The van der Waals surface area contributed by atoms with Gasteiger partial charge in [-0.25, -0.2) is 4.98 Å². The minimum absolute atomic E-state index is 0.118. The number of nitrogens with zero attached hydrogens (tertiary/aromatic N) is 2. The fraction of sp³-hybridized carbons (Fsp3) is 0.632. The van der Waals surface area contributed by atoms with E-state index >= 15 is 0 Å². The van der Waals surface area contributed by atoms with Crippen LogP contribution in [0, 0.1) is 5.92 Å². The summed E-state index contributed by atoms with van der Waals surface area (Å²) in [5.41, 5.74) is 7.13. The monoisotopic (exact) mass is 358 g/mol. The molecule has 3 rings (SSSR count). The first-order chi connectivity index (χ1) is 12.6. The number of carbonyl (C=O) groups is 1. The van der Waals surface area contributed by atoms with Crippen molar-refractivity contribution in [1.29, 1.82) is 0 Å². The van der Waals surface area contributed by atoms with Crippen molar-refractivity contribution < 1.29 is 4.79 Å². The fourth-order valence-corrected chi connectivity index (χ4v) is 3.95. The van der Waals surface area contributed by atoms with Crippen molar-refractivity contribution in [1.82, 2.24) is 15.3 Å². The lowest BCUT2D eigenvalue weighted by Gasteiger charge is -2.29. The van der Waals surface area contributed by atoms with Crippen LogP contribution in [0.4, 0.5) is 11.8 Å². The van der Waals surface area contributed by atoms with Crippen molar-refractivity contribution in [2.45, 2.75) is 63.5 Å². The van der Waals surface area contributed by atoms with E-state index in [9.17, 15) is 4.79 Å². The molecule has 2 aliphatic rings. The van der Waals surface area contributed by atoms with Crippen LogP contribution in [0.15, 0.2) is 12.8 Å². The highest BCUT2D eigenvalue weighted by Gasteiger charge is 2.26. The third-order valence-corrected chi connectivity index (χ3v) is 5.51. The van der Waals surface area contributed by atoms with E-state index in [-0.39, 0.29) is 17.9 Å². The highest BCUT2D eigenvalue weighted by molar-refractivity contribution is 5.78. The third-order valence-electron chi connectivity index (χ3n) is 5.51. The predicted octanol–water partition coefficient (Wildman–Crippen LogP) is 2.48. The van der Waals surface area contributed by atoms with Crippen LogP contribution in [0.1, 0.15) is 56.9 Å². The number of nitrogens with two attached hydrogens (primary N) is 1. The van der Waals surface area contributed by atoms with Crippen molar-refractivity contribution in [3.05, 3.63) is 18.3 Å². The molecule has 1 aromatic heterocycles. The summed E-state index contributed by atoms with van der Waals surface area (Å²) in [5.74, 6) is 1.64. The van der Waals surface area contributed by atoms with Crippen molar-refractivity contribution in [3.8, 4) is 0 Å². The summed E-state index contributed by atoms with van der Waals surface area (Å²) in [4.78, 5) is 20.9. The quantitative estimate of drug-likeness (QED) is 0.623. The Labute approximate surface area is 155 Å². The van der Waals surface area contributed by atoms with Gasteiger partial charge in [0.05, 0.1) is 5.56 Å². The average Bonchev–Trinajstić information content (AvgIpc) is 3.14. The van der Waals surface area contributed by atoms with Crippen LogP contribution in [0.3, 0.4) is 0 Å². The molecule has 2 fully saturated rings. The van der Waals surface area contributed by atoms with Gasteiger partial charge < -0.3 is 21.7 Å². The van der Waals surface area contributed by atoms with Crippen molar-refractivity contribution in [2.24, 2.45) is 11.7 Å². The van der Waals surface area contributed by atoms with Gasteiger partial charge in [-0.1, -0.05) is 19.4 Å². The number of anilines is 2. The molecule has 142 valence electrons. The van der Waals surface area contributed by atoms with E-state index in [0.717, 1.165) is 37.1 Å². The van der Waals surface area contributed by atoms with Crippen LogP contribution < -0.4 is 21.7 Å². The lowest BCUT2D eigenvalue weighted by Crippen LogP contribution is -2.34. The lowest BCUT2D eigenvalue weighted by molar-refractivity contribution is -0.125. The molecule has 1 aromatic rings. The summed E-state index contributed by atoms with van der Waals surface area (Å²) >= 11 is 0. The summed E-state index contributed by atoms with van der Waals surface area (Å²) in [6, 6.07) is 0.737. The van der Waals surface area contributed by atoms with Crippen LogP contribution >= 0.6 is 0 Å². The molecule has 0 radical (unpaired) electrons. The largest absolute Gasteiger partial charge is 0.399 e. The number of amides is 1. The molecule has 7 nitrogen and oxygen atoms in total. The van der Waals surface area contributed by atoms with Crippen LogP contribution in [0.5, 0.6) is 0 Å². The Hall–Kier alpha value is -2.31. The van der Waals surface area contributed by atoms with E-state index in [1.165, 1.54) is 25.7 Å². The van der Waals surface area contributed by atoms with Crippen molar-refractivity contribution in [2.75, 3.05) is 17.7 Å². The molecule has 5 N–H and O–H groups in total. The van der Waals surface area contributed by atoms with Gasteiger partial charge in [-0.05, 0) is 38.5 Å². The van der Waals surface area contributed by atoms with Gasteiger partial charge in [0.15, 0.2) is 0 Å². The fourth-order valence-electron chi connectivity index (χ4n) is 3.95. The van der Waals surface area contributed by atoms with Gasteiger partial charge in [-0.3, -0.25) is 4.79 Å². The molecule has 1 heterocycles. The zero-order valence-electron chi connectivity index (χ0n) is 15.6. The Bertz CT molecular complexity index is 647. The van der Waals surface area contributed by atoms with E-state index in [2.05, 4.69) is 32.5 Å². The second kappa shape index (κ2) is 8.38. The molecule has 0 saturated heterocycles. The molecule has 0 spiro atoms. The maximum absolute atomic E-state index is 11.8. The van der Waals surface area contributed by atoms with Crippen LogP contribution in [-0.2, 0) is 4.79 Å². The molecule has 1 amide bonds. The number of hydrogen-bond donors (Lipinski definition) is 4. The summed E-state index contributed by atoms with van der Waals surface area (Å²) in [6.45, 7) is 3.84. The number of hydrogen-bond acceptors (Lipinski definition) is 6. The molecule has 0 aromatic carbocycles. The number of carbonyl (C=O) groups excluding carboxylic acids is 1. The third kappa shape index (κ3) is 4.45. The normalized spacial score (nSPS) is 23.4. The molecule has 2 aliphatic carbocycles. The standard InChI is InChI=1S/C19H30N6O/c1-12(20)16-11-22-19(24-14-5-3-4-6-14)25-17(16)23-15-9-7-13(8-10-15)18(26)21-2/h11,13-15H,1,3-10,20H2,2H3,(H,21,26)(H2,22,23,24,25). The van der Waals surface area contributed by atoms with Crippen LogP contribution in [0.2, 0.25) is 0 Å². The van der Waals surface area contributed by atoms with E-state index in [0.29, 0.717) is 17.7 Å². The molecule has 0 bridgehead atoms. The number of nitrogens with one attached hydrogen (secondary N) is 3. The smallest absolute Gasteiger partial charge is 0.224 e. The zero-order chi connectivity index (χ0) is 18.5. The van der Waals surface area contributed by atoms with Gasteiger partial charge in [0, 0.05) is 36.9 Å². The maximum atomic E-state index is 11.8. The summed E-state index contributed by atoms with van der Waals surface area (Å²) in [7, 11) is 1.70. The minimum Gasteiger partial charge on any atom is -0.399 e. The van der Waals surface area contributed by atoms with E-state index in [4.69, 9.17) is 5.73 Å².